The number of ether oxygens (including phenoxy) is 1. The minimum absolute atomic E-state index is 0.330. The molecule has 0 bridgehead atoms. The molecule has 1 fully saturated rings. The number of nitrogens with zero attached hydrogens (tertiary/aromatic N) is 1. The molecule has 0 aromatic rings. The molecule has 1 amide bonds. The second-order valence-electron chi connectivity index (χ2n) is 5.50. The maximum atomic E-state index is 11.5. The van der Waals surface area contributed by atoms with Crippen LogP contribution in [0.1, 0.15) is 33.6 Å². The van der Waals surface area contributed by atoms with Crippen LogP contribution >= 0.6 is 0 Å². The highest BCUT2D eigenvalue weighted by molar-refractivity contribution is 5.67. The van der Waals surface area contributed by atoms with Gasteiger partial charge in [0.15, 0.2) is 0 Å². The first-order chi connectivity index (χ1) is 7.92. The Morgan fingerprint density at radius 2 is 2.24 bits per heavy atom. The highest BCUT2D eigenvalue weighted by atomic mass is 16.6. The third-order valence-corrected chi connectivity index (χ3v) is 2.80. The first kappa shape index (κ1) is 14.3. The minimum atomic E-state index is -0.428. The van der Waals surface area contributed by atoms with Crippen molar-refractivity contribution in [2.75, 3.05) is 26.2 Å². The van der Waals surface area contributed by atoms with Gasteiger partial charge in [0.05, 0.1) is 0 Å². The highest BCUT2D eigenvalue weighted by Gasteiger charge is 2.27. The lowest BCUT2D eigenvalue weighted by Gasteiger charge is -2.41. The van der Waals surface area contributed by atoms with Crippen LogP contribution in [0.3, 0.4) is 0 Å². The standard InChI is InChI=1S/C12H25N3O2/c1-12(2,3)17-11(16)14-9-10-5-8-15(10)7-4-6-13/h10H,4-9,13H2,1-3H3,(H,14,16)/t10-/m0/s1. The zero-order valence-corrected chi connectivity index (χ0v) is 11.2. The largest absolute Gasteiger partial charge is 0.444 e. The molecule has 0 aliphatic carbocycles. The highest BCUT2D eigenvalue weighted by Crippen LogP contribution is 2.16. The van der Waals surface area contributed by atoms with E-state index < -0.39 is 5.60 Å². The summed E-state index contributed by atoms with van der Waals surface area (Å²) >= 11 is 0. The summed E-state index contributed by atoms with van der Waals surface area (Å²) in [6.45, 7) is 9.12. The van der Waals surface area contributed by atoms with Crippen molar-refractivity contribution in [2.24, 2.45) is 5.73 Å². The summed E-state index contributed by atoms with van der Waals surface area (Å²) in [4.78, 5) is 13.8. The van der Waals surface area contributed by atoms with E-state index in [0.717, 1.165) is 32.5 Å². The van der Waals surface area contributed by atoms with Gasteiger partial charge in [0.25, 0.3) is 0 Å². The molecule has 0 saturated carbocycles. The molecule has 1 aliphatic heterocycles. The molecule has 100 valence electrons. The Kier molecular flexibility index (Phi) is 5.21. The Morgan fingerprint density at radius 1 is 1.53 bits per heavy atom. The van der Waals surface area contributed by atoms with E-state index in [4.69, 9.17) is 10.5 Å². The van der Waals surface area contributed by atoms with Gasteiger partial charge in [-0.15, -0.1) is 0 Å². The summed E-state index contributed by atoms with van der Waals surface area (Å²) in [5.41, 5.74) is 5.05. The van der Waals surface area contributed by atoms with E-state index in [1.165, 1.54) is 0 Å². The Labute approximate surface area is 104 Å². The van der Waals surface area contributed by atoms with Crippen LogP contribution in [-0.4, -0.2) is 48.8 Å². The van der Waals surface area contributed by atoms with Crippen LogP contribution in [-0.2, 0) is 4.74 Å². The molecule has 1 saturated heterocycles. The number of alkyl carbamates (subject to hydrolysis) is 1. The van der Waals surface area contributed by atoms with Gasteiger partial charge in [-0.2, -0.15) is 0 Å². The summed E-state index contributed by atoms with van der Waals surface area (Å²) in [6.07, 6.45) is 1.83. The van der Waals surface area contributed by atoms with E-state index in [1.54, 1.807) is 0 Å². The van der Waals surface area contributed by atoms with Gasteiger partial charge in [-0.3, -0.25) is 4.90 Å². The normalized spacial score (nSPS) is 20.8. The number of likely N-dealkylation sites (tertiary alicyclic amines) is 1. The molecule has 0 radical (unpaired) electrons. The fraction of sp³-hybridized carbons (Fsp3) is 0.917. The Balaban J connectivity index is 2.16. The molecule has 0 unspecified atom stereocenters. The van der Waals surface area contributed by atoms with Gasteiger partial charge in [0.1, 0.15) is 5.60 Å². The molecule has 5 nitrogen and oxygen atoms in total. The quantitative estimate of drug-likeness (QED) is 0.754. The van der Waals surface area contributed by atoms with E-state index in [0.29, 0.717) is 12.6 Å². The SMILES string of the molecule is CC(C)(C)OC(=O)NC[C@@H]1CCN1CCCN. The van der Waals surface area contributed by atoms with Crippen molar-refractivity contribution in [3.05, 3.63) is 0 Å². The summed E-state index contributed by atoms with van der Waals surface area (Å²) in [5.74, 6) is 0. The lowest BCUT2D eigenvalue weighted by molar-refractivity contribution is 0.0447. The number of nitrogens with one attached hydrogen (secondary N) is 1. The van der Waals surface area contributed by atoms with Crippen molar-refractivity contribution in [2.45, 2.75) is 45.3 Å². The number of nitrogens with two attached hydrogens (primary N) is 1. The van der Waals surface area contributed by atoms with Crippen LogP contribution in [0.25, 0.3) is 0 Å². The molecule has 1 rings (SSSR count). The van der Waals surface area contributed by atoms with E-state index in [1.807, 2.05) is 20.8 Å². The van der Waals surface area contributed by atoms with Crippen LogP contribution in [0.5, 0.6) is 0 Å². The third-order valence-electron chi connectivity index (χ3n) is 2.80. The molecular weight excluding hydrogens is 218 g/mol. The average molecular weight is 243 g/mol. The number of carbonyl (C=O) groups excluding carboxylic acids is 1. The summed E-state index contributed by atoms with van der Waals surface area (Å²) in [7, 11) is 0. The summed E-state index contributed by atoms with van der Waals surface area (Å²) < 4.78 is 5.18. The Morgan fingerprint density at radius 3 is 2.71 bits per heavy atom. The van der Waals surface area contributed by atoms with Gasteiger partial charge in [-0.25, -0.2) is 4.79 Å². The lowest BCUT2D eigenvalue weighted by Crippen LogP contribution is -2.54. The summed E-state index contributed by atoms with van der Waals surface area (Å²) in [6, 6.07) is 0.453. The smallest absolute Gasteiger partial charge is 0.407 e. The first-order valence-electron chi connectivity index (χ1n) is 6.33. The number of amides is 1. The van der Waals surface area contributed by atoms with Crippen LogP contribution in [0.15, 0.2) is 0 Å². The van der Waals surface area contributed by atoms with Crippen molar-refractivity contribution in [3.63, 3.8) is 0 Å². The molecule has 5 heteroatoms. The van der Waals surface area contributed by atoms with Crippen LogP contribution in [0.2, 0.25) is 0 Å². The van der Waals surface area contributed by atoms with Crippen molar-refractivity contribution in [3.8, 4) is 0 Å². The van der Waals surface area contributed by atoms with E-state index >= 15 is 0 Å². The molecule has 0 spiro atoms. The van der Waals surface area contributed by atoms with E-state index in [-0.39, 0.29) is 6.09 Å². The predicted octanol–water partition coefficient (Wildman–Crippen LogP) is 0.934. The molecule has 17 heavy (non-hydrogen) atoms. The number of carbonyl (C=O) groups is 1. The topological polar surface area (TPSA) is 67.6 Å². The van der Waals surface area contributed by atoms with E-state index in [2.05, 4.69) is 10.2 Å². The number of hydrogen-bond donors (Lipinski definition) is 2. The fourth-order valence-electron chi connectivity index (χ4n) is 1.83. The molecule has 1 aliphatic rings. The van der Waals surface area contributed by atoms with E-state index in [9.17, 15) is 4.79 Å². The van der Waals surface area contributed by atoms with Gasteiger partial charge in [-0.1, -0.05) is 0 Å². The molecular formula is C12H25N3O2. The molecule has 3 N–H and O–H groups in total. The number of rotatable bonds is 5. The van der Waals surface area contributed by atoms with Crippen LogP contribution in [0.4, 0.5) is 4.79 Å². The maximum absolute atomic E-state index is 11.5. The third kappa shape index (κ3) is 5.37. The van der Waals surface area contributed by atoms with Gasteiger partial charge in [-0.05, 0) is 46.7 Å². The first-order valence-corrected chi connectivity index (χ1v) is 6.33. The molecule has 0 aromatic carbocycles. The van der Waals surface area contributed by atoms with Crippen molar-refractivity contribution >= 4 is 6.09 Å². The molecule has 1 heterocycles. The van der Waals surface area contributed by atoms with Crippen molar-refractivity contribution < 1.29 is 9.53 Å². The minimum Gasteiger partial charge on any atom is -0.444 e. The second kappa shape index (κ2) is 6.21. The zero-order chi connectivity index (χ0) is 12.9. The Bertz CT molecular complexity index is 251. The monoisotopic (exact) mass is 243 g/mol. The summed E-state index contributed by atoms with van der Waals surface area (Å²) in [5, 5.41) is 2.81. The number of hydrogen-bond acceptors (Lipinski definition) is 4. The van der Waals surface area contributed by atoms with Crippen molar-refractivity contribution in [1.82, 2.24) is 10.2 Å². The lowest BCUT2D eigenvalue weighted by atomic mass is 10.0. The molecule has 0 aromatic heterocycles. The zero-order valence-electron chi connectivity index (χ0n) is 11.2. The second-order valence-corrected chi connectivity index (χ2v) is 5.50. The van der Waals surface area contributed by atoms with Gasteiger partial charge >= 0.3 is 6.09 Å². The van der Waals surface area contributed by atoms with Crippen LogP contribution in [0, 0.1) is 0 Å². The van der Waals surface area contributed by atoms with Crippen molar-refractivity contribution in [1.29, 1.82) is 0 Å². The Hall–Kier alpha value is -0.810. The predicted molar refractivity (Wildman–Crippen MR) is 67.9 cm³/mol. The van der Waals surface area contributed by atoms with Gasteiger partial charge < -0.3 is 15.8 Å². The average Bonchev–Trinajstić information content (AvgIpc) is 2.14. The van der Waals surface area contributed by atoms with Gasteiger partial charge in [0.2, 0.25) is 0 Å². The van der Waals surface area contributed by atoms with Crippen LogP contribution < -0.4 is 11.1 Å². The maximum Gasteiger partial charge on any atom is 0.407 e. The molecule has 1 atom stereocenters. The fourth-order valence-corrected chi connectivity index (χ4v) is 1.83. The van der Waals surface area contributed by atoms with Gasteiger partial charge in [0, 0.05) is 19.1 Å².